The molecule has 0 atom stereocenters. The lowest BCUT2D eigenvalue weighted by atomic mass is 10.1. The van der Waals surface area contributed by atoms with Crippen molar-refractivity contribution in [2.45, 2.75) is 19.4 Å². The molecule has 21 heavy (non-hydrogen) atoms. The SMILES string of the molecule is OCCCc1cn(Cc2ccccc2)c2ccc(Br)cc12. The van der Waals surface area contributed by atoms with E-state index in [2.05, 4.69) is 69.2 Å². The summed E-state index contributed by atoms with van der Waals surface area (Å²) in [4.78, 5) is 0. The molecule has 0 saturated heterocycles. The first-order valence-corrected chi connectivity index (χ1v) is 7.99. The van der Waals surface area contributed by atoms with E-state index in [9.17, 15) is 0 Å². The Hall–Kier alpha value is -1.58. The van der Waals surface area contributed by atoms with Crippen LogP contribution in [0.25, 0.3) is 10.9 Å². The second-order valence-corrected chi connectivity index (χ2v) is 6.17. The van der Waals surface area contributed by atoms with Gasteiger partial charge in [-0.15, -0.1) is 0 Å². The summed E-state index contributed by atoms with van der Waals surface area (Å²) >= 11 is 3.55. The normalized spacial score (nSPS) is 11.1. The van der Waals surface area contributed by atoms with E-state index in [0.717, 1.165) is 23.9 Å². The second kappa shape index (κ2) is 6.46. The molecule has 3 rings (SSSR count). The van der Waals surface area contributed by atoms with Crippen LogP contribution in [-0.2, 0) is 13.0 Å². The van der Waals surface area contributed by atoms with Gasteiger partial charge in [-0.3, -0.25) is 0 Å². The maximum Gasteiger partial charge on any atom is 0.0487 e. The van der Waals surface area contributed by atoms with E-state index in [-0.39, 0.29) is 6.61 Å². The van der Waals surface area contributed by atoms with Crippen molar-refractivity contribution in [3.63, 3.8) is 0 Å². The molecule has 2 nitrogen and oxygen atoms in total. The summed E-state index contributed by atoms with van der Waals surface area (Å²) in [5.41, 5.74) is 3.84. The molecule has 0 saturated carbocycles. The van der Waals surface area contributed by atoms with E-state index >= 15 is 0 Å². The molecule has 1 N–H and O–H groups in total. The minimum atomic E-state index is 0.235. The third kappa shape index (κ3) is 3.20. The van der Waals surface area contributed by atoms with E-state index < -0.39 is 0 Å². The summed E-state index contributed by atoms with van der Waals surface area (Å²) in [5.74, 6) is 0. The van der Waals surface area contributed by atoms with Crippen LogP contribution in [0.2, 0.25) is 0 Å². The van der Waals surface area contributed by atoms with Gasteiger partial charge in [-0.1, -0.05) is 46.3 Å². The zero-order valence-electron chi connectivity index (χ0n) is 11.8. The lowest BCUT2D eigenvalue weighted by Crippen LogP contribution is -1.97. The molecule has 0 radical (unpaired) electrons. The first kappa shape index (κ1) is 14.4. The summed E-state index contributed by atoms with van der Waals surface area (Å²) in [6.45, 7) is 1.11. The number of halogens is 1. The van der Waals surface area contributed by atoms with E-state index in [1.807, 2.05) is 6.07 Å². The van der Waals surface area contributed by atoms with Crippen LogP contribution in [0.1, 0.15) is 17.5 Å². The minimum absolute atomic E-state index is 0.235. The van der Waals surface area contributed by atoms with Crippen LogP contribution >= 0.6 is 15.9 Å². The topological polar surface area (TPSA) is 25.2 Å². The van der Waals surface area contributed by atoms with Crippen molar-refractivity contribution in [3.8, 4) is 0 Å². The second-order valence-electron chi connectivity index (χ2n) is 5.26. The number of hydrogen-bond acceptors (Lipinski definition) is 1. The third-order valence-corrected chi connectivity index (χ3v) is 4.22. The molecule has 3 heteroatoms. The van der Waals surface area contributed by atoms with Crippen molar-refractivity contribution in [2.75, 3.05) is 6.61 Å². The Morgan fingerprint density at radius 2 is 1.86 bits per heavy atom. The van der Waals surface area contributed by atoms with Crippen molar-refractivity contribution >= 4 is 26.8 Å². The first-order valence-electron chi connectivity index (χ1n) is 7.20. The van der Waals surface area contributed by atoms with Crippen molar-refractivity contribution in [2.24, 2.45) is 0 Å². The molecule has 108 valence electrons. The lowest BCUT2D eigenvalue weighted by Gasteiger charge is -2.05. The summed E-state index contributed by atoms with van der Waals surface area (Å²) in [6.07, 6.45) is 3.93. The number of rotatable bonds is 5. The van der Waals surface area contributed by atoms with Gasteiger partial charge in [0, 0.05) is 34.7 Å². The van der Waals surface area contributed by atoms with Crippen LogP contribution in [0.4, 0.5) is 0 Å². The van der Waals surface area contributed by atoms with Gasteiger partial charge in [-0.2, -0.15) is 0 Å². The van der Waals surface area contributed by atoms with Crippen molar-refractivity contribution < 1.29 is 5.11 Å². The van der Waals surface area contributed by atoms with Crippen molar-refractivity contribution in [1.82, 2.24) is 4.57 Å². The lowest BCUT2D eigenvalue weighted by molar-refractivity contribution is 0.288. The Morgan fingerprint density at radius 3 is 2.62 bits per heavy atom. The van der Waals surface area contributed by atoms with Gasteiger partial charge < -0.3 is 9.67 Å². The Balaban J connectivity index is 2.02. The molecule has 0 fully saturated rings. The van der Waals surface area contributed by atoms with Gasteiger partial charge in [0.2, 0.25) is 0 Å². The minimum Gasteiger partial charge on any atom is -0.396 e. The molecule has 0 aliphatic carbocycles. The quantitative estimate of drug-likeness (QED) is 0.730. The van der Waals surface area contributed by atoms with Crippen molar-refractivity contribution in [3.05, 3.63) is 70.3 Å². The fraction of sp³-hybridized carbons (Fsp3) is 0.222. The number of hydrogen-bond donors (Lipinski definition) is 1. The Kier molecular flexibility index (Phi) is 4.42. The van der Waals surface area contributed by atoms with Gasteiger partial charge in [0.25, 0.3) is 0 Å². The van der Waals surface area contributed by atoms with E-state index in [1.165, 1.54) is 22.0 Å². The average Bonchev–Trinajstić information content (AvgIpc) is 2.83. The number of nitrogens with zero attached hydrogens (tertiary/aromatic N) is 1. The number of fused-ring (bicyclic) bond motifs is 1. The number of aryl methyl sites for hydroxylation is 1. The molecule has 0 aliphatic rings. The number of aromatic nitrogens is 1. The number of aliphatic hydroxyl groups excluding tert-OH is 1. The summed E-state index contributed by atoms with van der Waals surface area (Å²) in [7, 11) is 0. The summed E-state index contributed by atoms with van der Waals surface area (Å²) in [6, 6.07) is 16.9. The molecular formula is C18H18BrNO. The molecule has 3 aromatic rings. The Bertz CT molecular complexity index is 734. The van der Waals surface area contributed by atoms with Gasteiger partial charge in [0.1, 0.15) is 0 Å². The first-order chi connectivity index (χ1) is 10.3. The van der Waals surface area contributed by atoms with Crippen LogP contribution in [0.3, 0.4) is 0 Å². The summed E-state index contributed by atoms with van der Waals surface area (Å²) in [5, 5.41) is 10.4. The van der Waals surface area contributed by atoms with Gasteiger partial charge in [0.15, 0.2) is 0 Å². The highest BCUT2D eigenvalue weighted by atomic mass is 79.9. The summed E-state index contributed by atoms with van der Waals surface area (Å²) < 4.78 is 3.39. The van der Waals surface area contributed by atoms with Gasteiger partial charge in [-0.25, -0.2) is 0 Å². The van der Waals surface area contributed by atoms with Crippen LogP contribution in [0.15, 0.2) is 59.2 Å². The molecule has 0 amide bonds. The molecule has 0 bridgehead atoms. The maximum absolute atomic E-state index is 9.08. The smallest absolute Gasteiger partial charge is 0.0487 e. The predicted molar refractivity (Wildman–Crippen MR) is 90.6 cm³/mol. The maximum atomic E-state index is 9.08. The van der Waals surface area contributed by atoms with Crippen LogP contribution < -0.4 is 0 Å². The van der Waals surface area contributed by atoms with Crippen LogP contribution in [-0.4, -0.2) is 16.3 Å². The highest BCUT2D eigenvalue weighted by Crippen LogP contribution is 2.27. The molecule has 0 spiro atoms. The molecule has 2 aromatic carbocycles. The largest absolute Gasteiger partial charge is 0.396 e. The number of benzene rings is 2. The monoisotopic (exact) mass is 343 g/mol. The van der Waals surface area contributed by atoms with E-state index in [4.69, 9.17) is 5.11 Å². The fourth-order valence-corrected chi connectivity index (χ4v) is 3.08. The van der Waals surface area contributed by atoms with Gasteiger partial charge >= 0.3 is 0 Å². The zero-order valence-corrected chi connectivity index (χ0v) is 13.4. The zero-order chi connectivity index (χ0) is 14.7. The molecular weight excluding hydrogens is 326 g/mol. The van der Waals surface area contributed by atoms with Crippen LogP contribution in [0.5, 0.6) is 0 Å². The van der Waals surface area contributed by atoms with E-state index in [1.54, 1.807) is 0 Å². The Labute approximate surface area is 133 Å². The molecule has 1 heterocycles. The van der Waals surface area contributed by atoms with Crippen molar-refractivity contribution in [1.29, 1.82) is 0 Å². The highest BCUT2D eigenvalue weighted by Gasteiger charge is 2.09. The Morgan fingerprint density at radius 1 is 1.05 bits per heavy atom. The fourth-order valence-electron chi connectivity index (χ4n) is 2.72. The van der Waals surface area contributed by atoms with E-state index in [0.29, 0.717) is 0 Å². The molecule has 0 aliphatic heterocycles. The van der Waals surface area contributed by atoms with Gasteiger partial charge in [0.05, 0.1) is 0 Å². The predicted octanol–water partition coefficient (Wildman–Crippen LogP) is 4.38. The van der Waals surface area contributed by atoms with Crippen LogP contribution in [0, 0.1) is 0 Å². The van der Waals surface area contributed by atoms with Gasteiger partial charge in [-0.05, 0) is 42.2 Å². The third-order valence-electron chi connectivity index (χ3n) is 3.73. The molecule has 0 unspecified atom stereocenters. The molecule has 1 aromatic heterocycles. The number of aliphatic hydroxyl groups is 1. The standard InChI is InChI=1S/C18H18BrNO/c19-16-8-9-18-17(11-16)15(7-4-10-21)13-20(18)12-14-5-2-1-3-6-14/h1-3,5-6,8-9,11,13,21H,4,7,10,12H2. The highest BCUT2D eigenvalue weighted by molar-refractivity contribution is 9.10. The average molecular weight is 344 g/mol.